The molecule has 0 spiro atoms. The molecule has 0 unspecified atom stereocenters. The molecule has 0 aliphatic carbocycles. The van der Waals surface area contributed by atoms with Crippen LogP contribution >= 0.6 is 0 Å². The second kappa shape index (κ2) is 40.8. The monoisotopic (exact) mass is 861 g/mol. The molecule has 0 amide bonds. The van der Waals surface area contributed by atoms with E-state index in [1.165, 1.54) is 154 Å². The van der Waals surface area contributed by atoms with Gasteiger partial charge >= 0.3 is 11.9 Å². The van der Waals surface area contributed by atoms with Crippen LogP contribution in [0.25, 0.3) is 0 Å². The number of rotatable bonds is 45. The lowest BCUT2D eigenvalue weighted by Crippen LogP contribution is -2.28. The number of ether oxygens (including phenoxy) is 3. The van der Waals surface area contributed by atoms with Crippen molar-refractivity contribution in [1.82, 2.24) is 19.9 Å². The van der Waals surface area contributed by atoms with Crippen molar-refractivity contribution in [2.75, 3.05) is 26.2 Å². The molecule has 0 N–H and O–H groups in total. The maximum Gasteiger partial charge on any atom is 0.306 e. The van der Waals surface area contributed by atoms with Gasteiger partial charge in [0, 0.05) is 19.4 Å². The highest BCUT2D eigenvalue weighted by Crippen LogP contribution is 2.19. The predicted octanol–water partition coefficient (Wildman–Crippen LogP) is 14.7. The largest absolute Gasteiger partial charge is 0.466 e. The van der Waals surface area contributed by atoms with Crippen LogP contribution in [0.1, 0.15) is 266 Å². The summed E-state index contributed by atoms with van der Waals surface area (Å²) in [7, 11) is 0. The van der Waals surface area contributed by atoms with E-state index >= 15 is 0 Å². The van der Waals surface area contributed by atoms with E-state index in [1.807, 2.05) is 10.9 Å². The van der Waals surface area contributed by atoms with Gasteiger partial charge in [0.2, 0.25) is 0 Å². The summed E-state index contributed by atoms with van der Waals surface area (Å²) in [5.74, 6) is -0.00215. The van der Waals surface area contributed by atoms with Gasteiger partial charge < -0.3 is 19.1 Å². The normalized spacial score (nSPS) is 11.9. The molecular formula is C52H100N4O5. The van der Waals surface area contributed by atoms with Gasteiger partial charge in [-0.2, -0.15) is 0 Å². The molecule has 358 valence electrons. The van der Waals surface area contributed by atoms with Gasteiger partial charge in [-0.1, -0.05) is 167 Å². The first-order valence-corrected chi connectivity index (χ1v) is 26.3. The highest BCUT2D eigenvalue weighted by molar-refractivity contribution is 5.69. The molecule has 9 nitrogen and oxygen atoms in total. The van der Waals surface area contributed by atoms with E-state index < -0.39 is 0 Å². The summed E-state index contributed by atoms with van der Waals surface area (Å²) in [6.07, 6.45) is 41.5. The average molecular weight is 861 g/mol. The van der Waals surface area contributed by atoms with Crippen LogP contribution < -0.4 is 0 Å². The van der Waals surface area contributed by atoms with Crippen LogP contribution in [0.4, 0.5) is 0 Å². The van der Waals surface area contributed by atoms with Crippen LogP contribution in [0.15, 0.2) is 6.20 Å². The molecule has 0 bridgehead atoms. The first-order valence-electron chi connectivity index (χ1n) is 26.3. The lowest BCUT2D eigenvalue weighted by Gasteiger charge is -2.22. The van der Waals surface area contributed by atoms with Gasteiger partial charge in [-0.3, -0.25) is 14.3 Å². The van der Waals surface area contributed by atoms with E-state index in [-0.39, 0.29) is 23.6 Å². The Balaban J connectivity index is 2.40. The summed E-state index contributed by atoms with van der Waals surface area (Å²) < 4.78 is 19.4. The molecule has 0 atom stereocenters. The van der Waals surface area contributed by atoms with Gasteiger partial charge in [0.1, 0.15) is 11.8 Å². The minimum atomic E-state index is -0.197. The van der Waals surface area contributed by atoms with Gasteiger partial charge in [-0.05, 0) is 105 Å². The Morgan fingerprint density at radius 2 is 1.02 bits per heavy atom. The zero-order valence-electron chi connectivity index (χ0n) is 41.3. The molecule has 0 saturated carbocycles. The fourth-order valence-corrected chi connectivity index (χ4v) is 8.00. The fourth-order valence-electron chi connectivity index (χ4n) is 8.00. The Morgan fingerprint density at radius 1 is 0.574 bits per heavy atom. The highest BCUT2D eigenvalue weighted by Gasteiger charge is 2.15. The minimum absolute atomic E-state index is 0.0214. The van der Waals surface area contributed by atoms with Crippen LogP contribution in [0.2, 0.25) is 0 Å². The van der Waals surface area contributed by atoms with Crippen molar-refractivity contribution >= 4 is 11.9 Å². The number of hydrogen-bond donors (Lipinski definition) is 0. The van der Waals surface area contributed by atoms with Crippen molar-refractivity contribution in [2.45, 2.75) is 285 Å². The van der Waals surface area contributed by atoms with E-state index in [2.05, 4.69) is 56.8 Å². The van der Waals surface area contributed by atoms with Crippen molar-refractivity contribution in [1.29, 1.82) is 0 Å². The Bertz CT molecular complexity index is 1110. The third-order valence-corrected chi connectivity index (χ3v) is 11.9. The third-order valence-electron chi connectivity index (χ3n) is 11.9. The molecule has 61 heavy (non-hydrogen) atoms. The Hall–Kier alpha value is -2.00. The molecule has 1 rings (SSSR count). The van der Waals surface area contributed by atoms with Crippen LogP contribution in [0, 0.1) is 0 Å². The molecule has 0 aliphatic rings. The second-order valence-electron chi connectivity index (χ2n) is 19.2. The average Bonchev–Trinajstić information content (AvgIpc) is 3.69. The van der Waals surface area contributed by atoms with E-state index in [1.54, 1.807) is 0 Å². The lowest BCUT2D eigenvalue weighted by molar-refractivity contribution is -0.150. The third kappa shape index (κ3) is 38.2. The molecule has 1 aromatic heterocycles. The Kier molecular flexibility index (Phi) is 38.1. The molecule has 0 saturated heterocycles. The van der Waals surface area contributed by atoms with E-state index in [0.29, 0.717) is 26.1 Å². The topological polar surface area (TPSA) is 95.8 Å². The number of aromatic nitrogens is 3. The van der Waals surface area contributed by atoms with Gasteiger partial charge in [0.15, 0.2) is 0 Å². The number of hydrogen-bond acceptors (Lipinski definition) is 8. The van der Waals surface area contributed by atoms with Crippen LogP contribution in [-0.4, -0.2) is 69.8 Å². The predicted molar refractivity (Wildman–Crippen MR) is 256 cm³/mol. The van der Waals surface area contributed by atoms with Gasteiger partial charge in [0.25, 0.3) is 0 Å². The standard InChI is InChI=1S/C52H100N4O5/c1-7-10-13-16-19-28-35-45-59-50(57)39-31-24-20-26-33-41-55(43-36-44-56-46-48(53-54-56)47-60-52(4,5)6)42-34-27-21-25-32-40-51(58)61-49(37-29-22-17-14-11-8-2)38-30-23-18-15-12-9-3/h46,49H,7-45,47H2,1-6H3. The van der Waals surface area contributed by atoms with Gasteiger partial charge in [0.05, 0.1) is 25.0 Å². The quantitative estimate of drug-likeness (QED) is 0.0473. The van der Waals surface area contributed by atoms with Crippen molar-refractivity contribution in [3.05, 3.63) is 11.9 Å². The van der Waals surface area contributed by atoms with Crippen LogP contribution in [0.3, 0.4) is 0 Å². The summed E-state index contributed by atoms with van der Waals surface area (Å²) >= 11 is 0. The molecule has 0 radical (unpaired) electrons. The smallest absolute Gasteiger partial charge is 0.306 e. The number of unbranched alkanes of at least 4 members (excludes halogenated alkanes) is 24. The molecule has 1 aromatic rings. The Labute approximate surface area is 377 Å². The maximum absolute atomic E-state index is 12.9. The zero-order valence-corrected chi connectivity index (χ0v) is 41.3. The number of nitrogens with zero attached hydrogens (tertiary/aromatic N) is 4. The van der Waals surface area contributed by atoms with Gasteiger partial charge in [-0.15, -0.1) is 5.10 Å². The van der Waals surface area contributed by atoms with Crippen molar-refractivity contribution in [3.8, 4) is 0 Å². The molecule has 1 heterocycles. The highest BCUT2D eigenvalue weighted by atomic mass is 16.5. The number of carbonyl (C=O) groups excluding carboxylic acids is 2. The van der Waals surface area contributed by atoms with E-state index in [0.717, 1.165) is 83.2 Å². The van der Waals surface area contributed by atoms with E-state index in [9.17, 15) is 9.59 Å². The number of carbonyl (C=O) groups is 2. The first-order chi connectivity index (χ1) is 29.7. The van der Waals surface area contributed by atoms with Crippen molar-refractivity contribution in [2.24, 2.45) is 0 Å². The summed E-state index contributed by atoms with van der Waals surface area (Å²) in [4.78, 5) is 27.7. The first kappa shape index (κ1) is 57.0. The fraction of sp³-hybridized carbons (Fsp3) is 0.923. The summed E-state index contributed by atoms with van der Waals surface area (Å²) in [5.41, 5.74) is 0.681. The molecule has 9 heteroatoms. The molecule has 0 aliphatic heterocycles. The Morgan fingerprint density at radius 3 is 1.54 bits per heavy atom. The summed E-state index contributed by atoms with van der Waals surface area (Å²) in [5, 5.41) is 8.67. The lowest BCUT2D eigenvalue weighted by atomic mass is 10.0. The molecule has 0 aromatic carbocycles. The summed E-state index contributed by atoms with van der Waals surface area (Å²) in [6.45, 7) is 18.1. The number of aryl methyl sites for hydroxylation is 1. The minimum Gasteiger partial charge on any atom is -0.466 e. The van der Waals surface area contributed by atoms with E-state index in [4.69, 9.17) is 14.2 Å². The SMILES string of the molecule is CCCCCCCCCOC(=O)CCCCCCCN(CCCCCCCC(=O)OC(CCCCCCCC)CCCCCCCC)CCCn1cc(COC(C)(C)C)nn1. The van der Waals surface area contributed by atoms with Gasteiger partial charge in [-0.25, -0.2) is 0 Å². The van der Waals surface area contributed by atoms with Crippen molar-refractivity contribution in [3.63, 3.8) is 0 Å². The van der Waals surface area contributed by atoms with Crippen LogP contribution in [-0.2, 0) is 37.0 Å². The maximum atomic E-state index is 12.9. The van der Waals surface area contributed by atoms with Crippen molar-refractivity contribution < 1.29 is 23.8 Å². The second-order valence-corrected chi connectivity index (χ2v) is 19.2. The molecular weight excluding hydrogens is 761 g/mol. The zero-order chi connectivity index (χ0) is 44.5. The summed E-state index contributed by atoms with van der Waals surface area (Å²) in [6, 6.07) is 0. The van der Waals surface area contributed by atoms with Crippen LogP contribution in [0.5, 0.6) is 0 Å². The molecule has 0 fully saturated rings. The number of esters is 2.